The van der Waals surface area contributed by atoms with Crippen LogP contribution in [0.15, 0.2) is 24.3 Å². The van der Waals surface area contributed by atoms with Crippen LogP contribution in [0.3, 0.4) is 0 Å². The second-order valence-electron chi connectivity index (χ2n) is 5.85. The summed E-state index contributed by atoms with van der Waals surface area (Å²) in [5.74, 6) is 1.13. The van der Waals surface area contributed by atoms with Crippen molar-refractivity contribution < 1.29 is 18.0 Å². The molecule has 3 atom stereocenters. The summed E-state index contributed by atoms with van der Waals surface area (Å²) in [4.78, 5) is 12.2. The predicted octanol–water partition coefficient (Wildman–Crippen LogP) is 4.08. The number of alkyl halides is 3. The van der Waals surface area contributed by atoms with E-state index in [1.54, 1.807) is 0 Å². The van der Waals surface area contributed by atoms with Gasteiger partial charge in [0.25, 0.3) is 0 Å². The maximum Gasteiger partial charge on any atom is 0.416 e. The van der Waals surface area contributed by atoms with Crippen molar-refractivity contribution in [3.05, 3.63) is 29.8 Å². The molecule has 2 nitrogen and oxygen atoms in total. The van der Waals surface area contributed by atoms with E-state index in [9.17, 15) is 18.0 Å². The summed E-state index contributed by atoms with van der Waals surface area (Å²) in [7, 11) is 0. The molecule has 5 heteroatoms. The molecule has 0 spiro atoms. The van der Waals surface area contributed by atoms with E-state index in [1.165, 1.54) is 18.6 Å². The number of anilines is 1. The average Bonchev–Trinajstić information content (AvgIpc) is 3.00. The number of hydrogen-bond acceptors (Lipinski definition) is 1. The molecule has 0 saturated heterocycles. The van der Waals surface area contributed by atoms with E-state index in [2.05, 4.69) is 5.32 Å². The van der Waals surface area contributed by atoms with Crippen LogP contribution in [0.4, 0.5) is 18.9 Å². The number of halogens is 3. The Bertz CT molecular complexity index is 509. The van der Waals surface area contributed by atoms with Crippen molar-refractivity contribution in [2.24, 2.45) is 17.8 Å². The van der Waals surface area contributed by atoms with Gasteiger partial charge < -0.3 is 5.32 Å². The highest BCUT2D eigenvalue weighted by atomic mass is 19.4. The summed E-state index contributed by atoms with van der Waals surface area (Å²) >= 11 is 0. The third-order valence-electron chi connectivity index (χ3n) is 4.55. The van der Waals surface area contributed by atoms with Crippen LogP contribution in [0.1, 0.15) is 31.2 Å². The van der Waals surface area contributed by atoms with Gasteiger partial charge in [-0.1, -0.05) is 6.42 Å². The van der Waals surface area contributed by atoms with Crippen molar-refractivity contribution in [2.45, 2.75) is 31.9 Å². The van der Waals surface area contributed by atoms with Crippen LogP contribution in [0.2, 0.25) is 0 Å². The molecule has 2 aliphatic carbocycles. The lowest BCUT2D eigenvalue weighted by molar-refractivity contribution is -0.137. The van der Waals surface area contributed by atoms with Gasteiger partial charge in [0.15, 0.2) is 0 Å². The SMILES string of the molecule is O=C(Nc1ccc(C(F)(F)F)cc1)C1CC2CCC1C2. The Kier molecular flexibility index (Phi) is 3.22. The number of rotatable bonds is 2. The summed E-state index contributed by atoms with van der Waals surface area (Å²) in [5, 5.41) is 2.74. The molecule has 20 heavy (non-hydrogen) atoms. The second-order valence-corrected chi connectivity index (χ2v) is 5.85. The largest absolute Gasteiger partial charge is 0.416 e. The van der Waals surface area contributed by atoms with Crippen molar-refractivity contribution in [2.75, 3.05) is 5.32 Å². The highest BCUT2D eigenvalue weighted by Crippen LogP contribution is 2.48. The van der Waals surface area contributed by atoms with Crippen LogP contribution in [-0.4, -0.2) is 5.91 Å². The quantitative estimate of drug-likeness (QED) is 0.870. The van der Waals surface area contributed by atoms with E-state index in [4.69, 9.17) is 0 Å². The van der Waals surface area contributed by atoms with E-state index in [0.717, 1.165) is 31.4 Å². The molecule has 0 aliphatic heterocycles. The van der Waals surface area contributed by atoms with Crippen LogP contribution in [0.25, 0.3) is 0 Å². The lowest BCUT2D eigenvalue weighted by atomic mass is 9.88. The molecule has 2 bridgehead atoms. The van der Waals surface area contributed by atoms with Crippen molar-refractivity contribution in [3.63, 3.8) is 0 Å². The standard InChI is InChI=1S/C15H16F3NO/c16-15(17,18)11-3-5-12(6-4-11)19-14(20)13-8-9-1-2-10(13)7-9/h3-6,9-10,13H,1-2,7-8H2,(H,19,20). The third-order valence-corrected chi connectivity index (χ3v) is 4.55. The molecule has 0 radical (unpaired) electrons. The zero-order valence-electron chi connectivity index (χ0n) is 10.9. The van der Waals surface area contributed by atoms with Crippen LogP contribution in [-0.2, 0) is 11.0 Å². The van der Waals surface area contributed by atoms with Gasteiger partial charge >= 0.3 is 6.18 Å². The van der Waals surface area contributed by atoms with E-state index >= 15 is 0 Å². The van der Waals surface area contributed by atoms with Crippen LogP contribution in [0, 0.1) is 17.8 Å². The highest BCUT2D eigenvalue weighted by Gasteiger charge is 2.43. The topological polar surface area (TPSA) is 29.1 Å². The van der Waals surface area contributed by atoms with Gasteiger partial charge in [-0.25, -0.2) is 0 Å². The average molecular weight is 283 g/mol. The van der Waals surface area contributed by atoms with E-state index < -0.39 is 11.7 Å². The van der Waals surface area contributed by atoms with Crippen molar-refractivity contribution >= 4 is 11.6 Å². The number of carbonyl (C=O) groups is 1. The number of hydrogen-bond donors (Lipinski definition) is 1. The molecule has 2 saturated carbocycles. The first kappa shape index (κ1) is 13.5. The minimum absolute atomic E-state index is 0.0380. The molecule has 3 rings (SSSR count). The first-order valence-electron chi connectivity index (χ1n) is 6.91. The molecule has 0 heterocycles. The van der Waals surface area contributed by atoms with Gasteiger partial charge in [0, 0.05) is 11.6 Å². The van der Waals surface area contributed by atoms with E-state index in [-0.39, 0.29) is 11.8 Å². The van der Waals surface area contributed by atoms with Crippen LogP contribution < -0.4 is 5.32 Å². The number of carbonyl (C=O) groups excluding carboxylic acids is 1. The zero-order valence-corrected chi connectivity index (χ0v) is 10.9. The van der Waals surface area contributed by atoms with Gasteiger partial charge in [0.1, 0.15) is 0 Å². The summed E-state index contributed by atoms with van der Waals surface area (Å²) < 4.78 is 37.3. The number of amides is 1. The van der Waals surface area contributed by atoms with Crippen molar-refractivity contribution in [1.82, 2.24) is 0 Å². The molecule has 1 aromatic carbocycles. The predicted molar refractivity (Wildman–Crippen MR) is 69.0 cm³/mol. The molecular formula is C15H16F3NO. The first-order chi connectivity index (χ1) is 9.43. The summed E-state index contributed by atoms with van der Waals surface area (Å²) in [6, 6.07) is 4.62. The number of nitrogens with one attached hydrogen (secondary N) is 1. The maximum absolute atomic E-state index is 12.4. The highest BCUT2D eigenvalue weighted by molar-refractivity contribution is 5.93. The second kappa shape index (κ2) is 4.79. The van der Waals surface area contributed by atoms with Gasteiger partial charge in [-0.05, 0) is 55.4 Å². The maximum atomic E-state index is 12.4. The fourth-order valence-electron chi connectivity index (χ4n) is 3.54. The molecule has 0 aromatic heterocycles. The van der Waals surface area contributed by atoms with Crippen LogP contribution in [0.5, 0.6) is 0 Å². The molecule has 1 amide bonds. The number of benzene rings is 1. The first-order valence-corrected chi connectivity index (χ1v) is 6.91. The zero-order chi connectivity index (χ0) is 14.3. The lowest BCUT2D eigenvalue weighted by Gasteiger charge is -2.20. The van der Waals surface area contributed by atoms with Crippen molar-refractivity contribution in [3.8, 4) is 0 Å². The lowest BCUT2D eigenvalue weighted by Crippen LogP contribution is -2.27. The van der Waals surface area contributed by atoms with Crippen LogP contribution >= 0.6 is 0 Å². The van der Waals surface area contributed by atoms with Gasteiger partial charge in [-0.2, -0.15) is 13.2 Å². The number of fused-ring (bicyclic) bond motifs is 2. The molecule has 1 N–H and O–H groups in total. The fraction of sp³-hybridized carbons (Fsp3) is 0.533. The normalized spacial score (nSPS) is 28.6. The summed E-state index contributed by atoms with van der Waals surface area (Å²) in [5.41, 5.74) is -0.263. The molecule has 2 fully saturated rings. The summed E-state index contributed by atoms with van der Waals surface area (Å²) in [6.07, 6.45) is 0.0415. The molecule has 3 unspecified atom stereocenters. The van der Waals surface area contributed by atoms with Gasteiger partial charge in [-0.15, -0.1) is 0 Å². The van der Waals surface area contributed by atoms with E-state index in [1.807, 2.05) is 0 Å². The fourth-order valence-corrected chi connectivity index (χ4v) is 3.54. The smallest absolute Gasteiger partial charge is 0.326 e. The van der Waals surface area contributed by atoms with Crippen molar-refractivity contribution in [1.29, 1.82) is 0 Å². The Hall–Kier alpha value is -1.52. The van der Waals surface area contributed by atoms with E-state index in [0.29, 0.717) is 17.5 Å². The molecular weight excluding hydrogens is 267 g/mol. The Morgan fingerprint density at radius 1 is 1.10 bits per heavy atom. The minimum atomic E-state index is -4.34. The summed E-state index contributed by atoms with van der Waals surface area (Å²) in [6.45, 7) is 0. The Morgan fingerprint density at radius 2 is 1.80 bits per heavy atom. The Labute approximate surface area is 115 Å². The Balaban J connectivity index is 1.64. The molecule has 2 aliphatic rings. The van der Waals surface area contributed by atoms with Gasteiger partial charge in [0.2, 0.25) is 5.91 Å². The molecule has 1 aromatic rings. The van der Waals surface area contributed by atoms with Gasteiger partial charge in [0.05, 0.1) is 5.56 Å². The Morgan fingerprint density at radius 3 is 2.30 bits per heavy atom. The minimum Gasteiger partial charge on any atom is -0.326 e. The van der Waals surface area contributed by atoms with Gasteiger partial charge in [-0.3, -0.25) is 4.79 Å². The third kappa shape index (κ3) is 2.53. The monoisotopic (exact) mass is 283 g/mol. The molecule has 108 valence electrons.